The number of amides is 1. The molecule has 1 aromatic carbocycles. The summed E-state index contributed by atoms with van der Waals surface area (Å²) in [5.74, 6) is -1.67. The summed E-state index contributed by atoms with van der Waals surface area (Å²) in [6.45, 7) is 5.00. The van der Waals surface area contributed by atoms with E-state index in [0.29, 0.717) is 18.8 Å². The van der Waals surface area contributed by atoms with Gasteiger partial charge in [-0.3, -0.25) is 4.79 Å². The fourth-order valence-electron chi connectivity index (χ4n) is 2.88. The van der Waals surface area contributed by atoms with Crippen LogP contribution in [0.25, 0.3) is 0 Å². The van der Waals surface area contributed by atoms with E-state index >= 15 is 0 Å². The summed E-state index contributed by atoms with van der Waals surface area (Å²) < 4.78 is 0. The fraction of sp³-hybridized carbons (Fsp3) is 0.500. The first-order valence-corrected chi connectivity index (χ1v) is 7.83. The second-order valence-corrected chi connectivity index (χ2v) is 6.26. The Morgan fingerprint density at radius 2 is 1.96 bits per heavy atom. The first kappa shape index (κ1) is 17.2. The maximum absolute atomic E-state index is 12.2. The quantitative estimate of drug-likeness (QED) is 0.424. The van der Waals surface area contributed by atoms with Gasteiger partial charge in [-0.15, -0.1) is 0 Å². The van der Waals surface area contributed by atoms with Crippen LogP contribution in [0.3, 0.4) is 0 Å². The van der Waals surface area contributed by atoms with Gasteiger partial charge in [0.15, 0.2) is 0 Å². The first-order chi connectivity index (χ1) is 10.9. The van der Waals surface area contributed by atoms with Crippen LogP contribution in [0, 0.1) is 6.92 Å². The molecule has 7 heteroatoms. The average Bonchev–Trinajstić information content (AvgIpc) is 2.49. The molecule has 0 saturated carbocycles. The Kier molecular flexibility index (Phi) is 5.57. The minimum Gasteiger partial charge on any atom is -0.544 e. The van der Waals surface area contributed by atoms with Crippen molar-refractivity contribution in [2.24, 2.45) is 0 Å². The third-order valence-electron chi connectivity index (χ3n) is 4.34. The molecular weight excluding hydrogens is 298 g/mol. The number of carbonyl (C=O) groups is 2. The normalized spacial score (nSPS) is 22.3. The van der Waals surface area contributed by atoms with E-state index in [1.165, 1.54) is 11.0 Å². The Bertz CT molecular complexity index is 583. The Hall–Kier alpha value is -2.12. The molecule has 1 aromatic rings. The highest BCUT2D eigenvalue weighted by atomic mass is 16.4. The van der Waals surface area contributed by atoms with Gasteiger partial charge in [0.05, 0.1) is 25.1 Å². The van der Waals surface area contributed by atoms with Crippen LogP contribution in [-0.4, -0.2) is 56.3 Å². The third-order valence-corrected chi connectivity index (χ3v) is 4.34. The zero-order valence-electron chi connectivity index (χ0n) is 13.5. The molecule has 7 nitrogen and oxygen atoms in total. The number of benzene rings is 1. The van der Waals surface area contributed by atoms with Gasteiger partial charge in [-0.25, -0.2) is 0 Å². The molecule has 0 bridgehead atoms. The summed E-state index contributed by atoms with van der Waals surface area (Å²) in [5.41, 5.74) is 1.19. The second kappa shape index (κ2) is 7.43. The lowest BCUT2D eigenvalue weighted by Gasteiger charge is -2.33. The summed E-state index contributed by atoms with van der Waals surface area (Å²) in [6, 6.07) is 4.00. The van der Waals surface area contributed by atoms with Crippen molar-refractivity contribution in [2.75, 3.05) is 38.5 Å². The zero-order valence-corrected chi connectivity index (χ0v) is 13.5. The summed E-state index contributed by atoms with van der Waals surface area (Å²) >= 11 is 0. The number of carboxylic acids is 1. The van der Waals surface area contributed by atoms with Crippen molar-refractivity contribution < 1.29 is 29.6 Å². The Balaban J connectivity index is 2.00. The number of carbonyl (C=O) groups excluding carboxylic acids is 2. The Morgan fingerprint density at radius 3 is 2.57 bits per heavy atom. The topological polar surface area (TPSA) is 98.3 Å². The van der Waals surface area contributed by atoms with Gasteiger partial charge in [0.2, 0.25) is 5.91 Å². The van der Waals surface area contributed by atoms with Crippen LogP contribution >= 0.6 is 0 Å². The maximum atomic E-state index is 12.2. The van der Waals surface area contributed by atoms with Crippen LogP contribution in [0.5, 0.6) is 5.75 Å². The number of aryl methyl sites for hydroxylation is 1. The molecule has 23 heavy (non-hydrogen) atoms. The highest BCUT2D eigenvalue weighted by Crippen LogP contribution is 2.23. The smallest absolute Gasteiger partial charge is 0.230 e. The number of anilines is 1. The number of rotatable bonds is 5. The average molecular weight is 322 g/mol. The van der Waals surface area contributed by atoms with Crippen molar-refractivity contribution in [1.29, 1.82) is 0 Å². The summed E-state index contributed by atoms with van der Waals surface area (Å²) in [5, 5.41) is 23.8. The lowest BCUT2D eigenvalue weighted by molar-refractivity contribution is -1.01. The van der Waals surface area contributed by atoms with E-state index in [-0.39, 0.29) is 12.2 Å². The zero-order chi connectivity index (χ0) is 17.0. The molecule has 4 N–H and O–H groups in total. The van der Waals surface area contributed by atoms with E-state index in [9.17, 15) is 19.8 Å². The van der Waals surface area contributed by atoms with Crippen molar-refractivity contribution in [3.8, 4) is 5.75 Å². The number of aliphatic carboxylic acids is 1. The fourth-order valence-corrected chi connectivity index (χ4v) is 2.88. The molecule has 0 spiro atoms. The third kappa shape index (κ3) is 4.67. The molecule has 1 aliphatic rings. The highest BCUT2D eigenvalue weighted by Gasteiger charge is 2.30. The van der Waals surface area contributed by atoms with Gasteiger partial charge < -0.3 is 30.1 Å². The number of carboxylic acid groups (broad SMARTS) is 1. The molecule has 0 unspecified atom stereocenters. The molecular formula is C16H24N3O4+. The maximum Gasteiger partial charge on any atom is 0.230 e. The number of nitrogens with one attached hydrogen (secondary N) is 3. The van der Waals surface area contributed by atoms with Gasteiger partial charge in [-0.05, 0) is 24.6 Å². The van der Waals surface area contributed by atoms with Crippen LogP contribution in [0.1, 0.15) is 12.0 Å². The SMILES string of the molecule is Cc1ccc(O)c(NC(=O)C[C@H](C(=O)[O-])[NH+]2CC[NH+](C)CC2)c1. The summed E-state index contributed by atoms with van der Waals surface area (Å²) in [4.78, 5) is 25.8. The van der Waals surface area contributed by atoms with Gasteiger partial charge in [0.1, 0.15) is 38.0 Å². The van der Waals surface area contributed by atoms with Gasteiger partial charge in [0.25, 0.3) is 0 Å². The molecule has 1 aliphatic heterocycles. The lowest BCUT2D eigenvalue weighted by Crippen LogP contribution is -3.29. The van der Waals surface area contributed by atoms with E-state index in [0.717, 1.165) is 23.6 Å². The van der Waals surface area contributed by atoms with Gasteiger partial charge in [-0.2, -0.15) is 0 Å². The van der Waals surface area contributed by atoms with Crippen molar-refractivity contribution in [3.63, 3.8) is 0 Å². The van der Waals surface area contributed by atoms with Crippen LogP contribution in [0.4, 0.5) is 5.69 Å². The van der Waals surface area contributed by atoms with E-state index in [1.54, 1.807) is 12.1 Å². The number of aromatic hydroxyl groups is 1. The Labute approximate surface area is 135 Å². The van der Waals surface area contributed by atoms with E-state index in [1.807, 2.05) is 6.92 Å². The summed E-state index contributed by atoms with van der Waals surface area (Å²) in [7, 11) is 2.07. The number of likely N-dealkylation sites (N-methyl/N-ethyl adjacent to an activating group) is 1. The second-order valence-electron chi connectivity index (χ2n) is 6.26. The number of phenolic OH excluding ortho intramolecular Hbond substituents is 1. The molecule has 2 rings (SSSR count). The predicted molar refractivity (Wildman–Crippen MR) is 82.2 cm³/mol. The molecule has 126 valence electrons. The molecule has 0 radical (unpaired) electrons. The molecule has 1 amide bonds. The molecule has 1 atom stereocenters. The molecule has 1 fully saturated rings. The minimum atomic E-state index is -1.21. The number of hydrogen-bond acceptors (Lipinski definition) is 4. The van der Waals surface area contributed by atoms with E-state index in [2.05, 4.69) is 12.4 Å². The van der Waals surface area contributed by atoms with Crippen LogP contribution < -0.4 is 20.2 Å². The van der Waals surface area contributed by atoms with Gasteiger partial charge >= 0.3 is 0 Å². The molecule has 0 aromatic heterocycles. The monoisotopic (exact) mass is 322 g/mol. The number of quaternary nitrogens is 2. The minimum absolute atomic E-state index is 0.0375. The summed E-state index contributed by atoms with van der Waals surface area (Å²) in [6.07, 6.45) is -0.163. The van der Waals surface area contributed by atoms with Crippen molar-refractivity contribution in [2.45, 2.75) is 19.4 Å². The van der Waals surface area contributed by atoms with Crippen molar-refractivity contribution >= 4 is 17.6 Å². The van der Waals surface area contributed by atoms with Crippen LogP contribution in [0.15, 0.2) is 18.2 Å². The van der Waals surface area contributed by atoms with Crippen LogP contribution in [-0.2, 0) is 9.59 Å². The predicted octanol–water partition coefficient (Wildman–Crippen LogP) is -3.44. The number of hydrogen-bond donors (Lipinski definition) is 4. The first-order valence-electron chi connectivity index (χ1n) is 7.83. The van der Waals surface area contributed by atoms with Crippen molar-refractivity contribution in [3.05, 3.63) is 23.8 Å². The largest absolute Gasteiger partial charge is 0.544 e. The molecule has 1 saturated heterocycles. The van der Waals surface area contributed by atoms with Crippen LogP contribution in [0.2, 0.25) is 0 Å². The standard InChI is InChI=1S/C16H23N3O4/c1-11-3-4-14(20)12(9-11)17-15(21)10-13(16(22)23)19-7-5-18(2)6-8-19/h3-4,9,13,20H,5-8,10H2,1-2H3,(H,17,21)(H,22,23)/p+1/t13-/m1/s1. The molecule has 1 heterocycles. The lowest BCUT2D eigenvalue weighted by atomic mass is 10.1. The van der Waals surface area contributed by atoms with Gasteiger partial charge in [-0.1, -0.05) is 6.07 Å². The molecule has 0 aliphatic carbocycles. The van der Waals surface area contributed by atoms with Gasteiger partial charge in [0, 0.05) is 0 Å². The Morgan fingerprint density at radius 1 is 1.30 bits per heavy atom. The number of piperazine rings is 1. The van der Waals surface area contributed by atoms with E-state index < -0.39 is 17.9 Å². The highest BCUT2D eigenvalue weighted by molar-refractivity contribution is 5.94. The number of phenols is 1. The van der Waals surface area contributed by atoms with Crippen molar-refractivity contribution in [1.82, 2.24) is 0 Å². The van der Waals surface area contributed by atoms with E-state index in [4.69, 9.17) is 0 Å².